The fourth-order valence-electron chi connectivity index (χ4n) is 1.41. The molecule has 0 spiro atoms. The molecule has 7 heteroatoms. The Morgan fingerprint density at radius 3 is 2.36 bits per heavy atom. The molecule has 1 atom stereocenters. The maximum atomic E-state index is 11.3. The summed E-state index contributed by atoms with van der Waals surface area (Å²) in [6.07, 6.45) is 1.61. The number of esters is 1. The van der Waals surface area contributed by atoms with Gasteiger partial charge in [-0.15, -0.1) is 0 Å². The zero-order chi connectivity index (χ0) is 17.2. The normalized spacial score (nSPS) is 12.4. The lowest BCUT2D eigenvalue weighted by molar-refractivity contribution is -0.518. The van der Waals surface area contributed by atoms with Crippen molar-refractivity contribution in [3.8, 4) is 0 Å². The Morgan fingerprint density at radius 1 is 1.18 bits per heavy atom. The number of carbonyl (C=O) groups is 2. The molecule has 0 rings (SSSR count). The average molecular weight is 318 g/mol. The van der Waals surface area contributed by atoms with Gasteiger partial charge in [0.1, 0.15) is 5.60 Å². The van der Waals surface area contributed by atoms with E-state index < -0.39 is 24.0 Å². The van der Waals surface area contributed by atoms with Crippen molar-refractivity contribution >= 4 is 12.1 Å². The molecular weight excluding hydrogens is 292 g/mol. The van der Waals surface area contributed by atoms with Crippen LogP contribution in [0.4, 0.5) is 4.79 Å². The predicted molar refractivity (Wildman–Crippen MR) is 78.3 cm³/mol. The Labute approximate surface area is 131 Å². The Balaban J connectivity index is 3.93. The van der Waals surface area contributed by atoms with Crippen LogP contribution in [-0.2, 0) is 29.1 Å². The van der Waals surface area contributed by atoms with Gasteiger partial charge in [-0.1, -0.05) is 32.8 Å². The third-order valence-electron chi connectivity index (χ3n) is 2.63. The van der Waals surface area contributed by atoms with Crippen molar-refractivity contribution in [1.29, 1.82) is 0 Å². The van der Waals surface area contributed by atoms with Crippen molar-refractivity contribution < 1.29 is 33.9 Å². The van der Waals surface area contributed by atoms with E-state index >= 15 is 0 Å². The molecule has 0 saturated heterocycles. The topological polar surface area (TPSA) is 80.3 Å². The molecule has 128 valence electrons. The third-order valence-corrected chi connectivity index (χ3v) is 2.63. The lowest BCUT2D eigenvalue weighted by Crippen LogP contribution is -2.27. The summed E-state index contributed by atoms with van der Waals surface area (Å²) in [5.41, 5.74) is -0.398. The summed E-state index contributed by atoms with van der Waals surface area (Å²) in [5.74, 6) is -0.672. The SMILES string of the molecule is C=C(C)C(=O)OC(C)OC(=O)OOOC(C)(C)CCCCC. The highest BCUT2D eigenvalue weighted by Crippen LogP contribution is 2.19. The maximum absolute atomic E-state index is 11.3. The van der Waals surface area contributed by atoms with Gasteiger partial charge in [0.05, 0.1) is 0 Å². The van der Waals surface area contributed by atoms with Crippen molar-refractivity contribution in [3.05, 3.63) is 12.2 Å². The van der Waals surface area contributed by atoms with E-state index in [1.54, 1.807) is 0 Å². The van der Waals surface area contributed by atoms with Crippen LogP contribution in [0.1, 0.15) is 60.3 Å². The van der Waals surface area contributed by atoms with Crippen LogP contribution in [0.25, 0.3) is 0 Å². The van der Waals surface area contributed by atoms with Crippen LogP contribution in [-0.4, -0.2) is 24.0 Å². The maximum Gasteiger partial charge on any atom is 0.545 e. The average Bonchev–Trinajstić information content (AvgIpc) is 2.37. The molecule has 0 aromatic carbocycles. The van der Waals surface area contributed by atoms with Gasteiger partial charge in [0.15, 0.2) is 0 Å². The lowest BCUT2D eigenvalue weighted by atomic mass is 10.0. The number of hydrogen-bond donors (Lipinski definition) is 0. The van der Waals surface area contributed by atoms with Gasteiger partial charge in [-0.05, 0) is 32.2 Å². The lowest BCUT2D eigenvalue weighted by Gasteiger charge is -2.21. The molecule has 22 heavy (non-hydrogen) atoms. The summed E-state index contributed by atoms with van der Waals surface area (Å²) in [4.78, 5) is 31.8. The van der Waals surface area contributed by atoms with E-state index in [0.29, 0.717) is 0 Å². The number of unbranched alkanes of at least 4 members (excludes halogenated alkanes) is 2. The zero-order valence-electron chi connectivity index (χ0n) is 14.0. The zero-order valence-corrected chi connectivity index (χ0v) is 14.0. The van der Waals surface area contributed by atoms with E-state index in [4.69, 9.17) is 9.62 Å². The van der Waals surface area contributed by atoms with Crippen LogP contribution in [0.5, 0.6) is 0 Å². The Kier molecular flexibility index (Phi) is 9.44. The summed E-state index contributed by atoms with van der Waals surface area (Å²) >= 11 is 0. The van der Waals surface area contributed by atoms with E-state index in [1.165, 1.54) is 13.8 Å². The summed E-state index contributed by atoms with van der Waals surface area (Å²) in [6, 6.07) is 0. The second-order valence-electron chi connectivity index (χ2n) is 5.57. The Hall–Kier alpha value is -1.60. The molecule has 0 heterocycles. The standard InChI is InChI=1S/C15H26O7/c1-7-8-9-10-15(5,6)21-22-20-14(17)19-12(4)18-13(16)11(2)3/h12H,2,7-10H2,1,3-6H3. The summed E-state index contributed by atoms with van der Waals surface area (Å²) < 4.78 is 9.37. The second kappa shape index (κ2) is 10.2. The predicted octanol–water partition coefficient (Wildman–Crippen LogP) is 3.83. The first kappa shape index (κ1) is 20.4. The van der Waals surface area contributed by atoms with Crippen LogP contribution >= 0.6 is 0 Å². The summed E-state index contributed by atoms with van der Waals surface area (Å²) in [5, 5.41) is 4.41. The summed E-state index contributed by atoms with van der Waals surface area (Å²) in [6.45, 7) is 12.0. The van der Waals surface area contributed by atoms with Crippen LogP contribution in [0, 0.1) is 0 Å². The van der Waals surface area contributed by atoms with Gasteiger partial charge in [-0.2, -0.15) is 4.89 Å². The van der Waals surface area contributed by atoms with Crippen molar-refractivity contribution in [2.75, 3.05) is 0 Å². The van der Waals surface area contributed by atoms with Gasteiger partial charge in [0, 0.05) is 12.5 Å². The molecule has 0 aromatic heterocycles. The minimum absolute atomic E-state index is 0.192. The highest BCUT2D eigenvalue weighted by Gasteiger charge is 2.22. The van der Waals surface area contributed by atoms with E-state index in [-0.39, 0.29) is 5.57 Å². The molecule has 0 aromatic rings. The number of carbonyl (C=O) groups excluding carboxylic acids is 2. The first-order chi connectivity index (χ1) is 10.2. The van der Waals surface area contributed by atoms with Crippen molar-refractivity contribution in [1.82, 2.24) is 0 Å². The van der Waals surface area contributed by atoms with E-state index in [1.807, 2.05) is 13.8 Å². The fourth-order valence-corrected chi connectivity index (χ4v) is 1.41. The monoisotopic (exact) mass is 318 g/mol. The minimum atomic E-state index is -1.17. The first-order valence-corrected chi connectivity index (χ1v) is 7.27. The molecule has 7 nitrogen and oxygen atoms in total. The number of hydrogen-bond acceptors (Lipinski definition) is 7. The highest BCUT2D eigenvalue weighted by atomic mass is 17.5. The molecule has 0 N–H and O–H groups in total. The third kappa shape index (κ3) is 10.2. The quantitative estimate of drug-likeness (QED) is 0.151. The molecule has 0 fully saturated rings. The molecule has 0 aliphatic carbocycles. The van der Waals surface area contributed by atoms with Crippen molar-refractivity contribution in [3.63, 3.8) is 0 Å². The highest BCUT2D eigenvalue weighted by molar-refractivity contribution is 5.87. The number of rotatable bonds is 10. The van der Waals surface area contributed by atoms with E-state index in [0.717, 1.165) is 25.7 Å². The molecular formula is C15H26O7. The molecule has 1 unspecified atom stereocenters. The van der Waals surface area contributed by atoms with E-state index in [9.17, 15) is 9.59 Å². The van der Waals surface area contributed by atoms with Crippen molar-refractivity contribution in [2.45, 2.75) is 72.2 Å². The van der Waals surface area contributed by atoms with Crippen molar-refractivity contribution in [2.24, 2.45) is 0 Å². The number of ether oxygens (including phenoxy) is 2. The van der Waals surface area contributed by atoms with Gasteiger partial charge in [0.25, 0.3) is 0 Å². The van der Waals surface area contributed by atoms with Crippen LogP contribution in [0.15, 0.2) is 12.2 Å². The smallest absolute Gasteiger partial charge is 0.422 e. The molecule has 0 aliphatic heterocycles. The Bertz CT molecular complexity index is 376. The van der Waals surface area contributed by atoms with Gasteiger partial charge in [-0.3, -0.25) is 0 Å². The van der Waals surface area contributed by atoms with E-state index in [2.05, 4.69) is 28.2 Å². The van der Waals surface area contributed by atoms with Crippen LogP contribution < -0.4 is 0 Å². The van der Waals surface area contributed by atoms with Gasteiger partial charge >= 0.3 is 12.1 Å². The molecule has 0 saturated carbocycles. The first-order valence-electron chi connectivity index (χ1n) is 7.27. The largest absolute Gasteiger partial charge is 0.545 e. The van der Waals surface area contributed by atoms with Gasteiger partial charge in [0.2, 0.25) is 6.29 Å². The van der Waals surface area contributed by atoms with Crippen LogP contribution in [0.3, 0.4) is 0 Å². The molecule has 0 bridgehead atoms. The second-order valence-corrected chi connectivity index (χ2v) is 5.57. The van der Waals surface area contributed by atoms with Gasteiger partial charge in [-0.25, -0.2) is 14.5 Å². The molecule has 0 aliphatic rings. The summed E-state index contributed by atoms with van der Waals surface area (Å²) in [7, 11) is 0. The minimum Gasteiger partial charge on any atom is -0.422 e. The fraction of sp³-hybridized carbons (Fsp3) is 0.733. The Morgan fingerprint density at radius 2 is 1.82 bits per heavy atom. The molecule has 0 radical (unpaired) electrons. The molecule has 0 amide bonds. The van der Waals surface area contributed by atoms with Crippen LogP contribution in [0.2, 0.25) is 0 Å². The van der Waals surface area contributed by atoms with Gasteiger partial charge < -0.3 is 9.47 Å².